The number of hydrogen-bond donors (Lipinski definition) is 1. The van der Waals surface area contributed by atoms with Gasteiger partial charge >= 0.3 is 0 Å². The lowest BCUT2D eigenvalue weighted by Crippen LogP contribution is -2.16. The van der Waals surface area contributed by atoms with Crippen LogP contribution in [0.25, 0.3) is 0 Å². The Kier molecular flexibility index (Phi) is 5.55. The fraction of sp³-hybridized carbons (Fsp3) is 0.667. The molecule has 14 heavy (non-hydrogen) atoms. The van der Waals surface area contributed by atoms with Crippen molar-refractivity contribution >= 4 is 0 Å². The third-order valence-corrected chi connectivity index (χ3v) is 2.17. The molecule has 0 aliphatic rings. The van der Waals surface area contributed by atoms with Crippen LogP contribution < -0.4 is 5.73 Å². The number of allylic oxidation sites excluding steroid dienone is 3. The lowest BCUT2D eigenvalue weighted by Gasteiger charge is -2.18. The lowest BCUT2D eigenvalue weighted by molar-refractivity contribution is 0.138. The Labute approximate surface area is 87.8 Å². The third kappa shape index (κ3) is 5.07. The average molecular weight is 197 g/mol. The zero-order chi connectivity index (χ0) is 11.2. The van der Waals surface area contributed by atoms with Gasteiger partial charge in [-0.1, -0.05) is 39.8 Å². The summed E-state index contributed by atoms with van der Waals surface area (Å²) in [5.41, 5.74) is 6.82. The van der Waals surface area contributed by atoms with E-state index in [1.807, 2.05) is 18.2 Å². The summed E-state index contributed by atoms with van der Waals surface area (Å²) < 4.78 is 5.21. The molecule has 0 aromatic rings. The van der Waals surface area contributed by atoms with E-state index < -0.39 is 0 Å². The molecule has 0 aromatic heterocycles. The third-order valence-electron chi connectivity index (χ3n) is 2.17. The number of ether oxygens (including phenoxy) is 1. The minimum absolute atomic E-state index is 0.0408. The van der Waals surface area contributed by atoms with Gasteiger partial charge in [0.1, 0.15) is 0 Å². The van der Waals surface area contributed by atoms with Crippen molar-refractivity contribution in [3.63, 3.8) is 0 Å². The summed E-state index contributed by atoms with van der Waals surface area (Å²) in [6.45, 7) is 8.39. The van der Waals surface area contributed by atoms with Crippen molar-refractivity contribution in [2.24, 2.45) is 11.1 Å². The maximum Gasteiger partial charge on any atom is 0.0752 e. The summed E-state index contributed by atoms with van der Waals surface area (Å²) in [5, 5.41) is 0. The van der Waals surface area contributed by atoms with Crippen LogP contribution in [0.3, 0.4) is 0 Å². The van der Waals surface area contributed by atoms with Gasteiger partial charge in [-0.05, 0) is 12.5 Å². The maximum atomic E-state index is 5.89. The summed E-state index contributed by atoms with van der Waals surface area (Å²) in [7, 11) is 1.72. The van der Waals surface area contributed by atoms with Gasteiger partial charge in [-0.2, -0.15) is 0 Å². The topological polar surface area (TPSA) is 35.2 Å². The second kappa shape index (κ2) is 5.86. The first-order valence-corrected chi connectivity index (χ1v) is 5.09. The monoisotopic (exact) mass is 197 g/mol. The molecule has 0 radical (unpaired) electrons. The molecular weight excluding hydrogens is 174 g/mol. The van der Waals surface area contributed by atoms with Gasteiger partial charge in [0.25, 0.3) is 0 Å². The van der Waals surface area contributed by atoms with Crippen LogP contribution in [0, 0.1) is 5.41 Å². The Morgan fingerprint density at radius 3 is 2.36 bits per heavy atom. The molecule has 82 valence electrons. The van der Waals surface area contributed by atoms with E-state index in [1.165, 1.54) is 0 Å². The second-order valence-electron chi connectivity index (χ2n) is 4.44. The zero-order valence-corrected chi connectivity index (χ0v) is 10.0. The van der Waals surface area contributed by atoms with Crippen molar-refractivity contribution in [1.82, 2.24) is 0 Å². The zero-order valence-electron chi connectivity index (χ0n) is 10.0. The molecule has 0 saturated carbocycles. The van der Waals surface area contributed by atoms with E-state index in [0.29, 0.717) is 0 Å². The number of nitrogens with two attached hydrogens (primary N) is 1. The number of methoxy groups -OCH3 is 1. The highest BCUT2D eigenvalue weighted by Crippen LogP contribution is 2.20. The van der Waals surface area contributed by atoms with Gasteiger partial charge < -0.3 is 10.5 Å². The van der Waals surface area contributed by atoms with Gasteiger partial charge in [0, 0.05) is 18.2 Å². The van der Waals surface area contributed by atoms with E-state index >= 15 is 0 Å². The van der Waals surface area contributed by atoms with E-state index in [4.69, 9.17) is 10.5 Å². The highest BCUT2D eigenvalue weighted by atomic mass is 16.5. The molecule has 1 unspecified atom stereocenters. The van der Waals surface area contributed by atoms with Gasteiger partial charge in [-0.15, -0.1) is 0 Å². The number of hydrogen-bond acceptors (Lipinski definition) is 2. The van der Waals surface area contributed by atoms with Crippen molar-refractivity contribution in [2.75, 3.05) is 7.11 Å². The van der Waals surface area contributed by atoms with Crippen molar-refractivity contribution < 1.29 is 4.74 Å². The summed E-state index contributed by atoms with van der Waals surface area (Å²) >= 11 is 0. The molecule has 2 N–H and O–H groups in total. The van der Waals surface area contributed by atoms with E-state index in [2.05, 4.69) is 27.7 Å². The van der Waals surface area contributed by atoms with Gasteiger partial charge in [0.2, 0.25) is 0 Å². The Hall–Kier alpha value is -0.760. The normalized spacial score (nSPS) is 16.2. The van der Waals surface area contributed by atoms with Crippen molar-refractivity contribution in [3.8, 4) is 0 Å². The summed E-state index contributed by atoms with van der Waals surface area (Å²) in [5.74, 6) is 0. The van der Waals surface area contributed by atoms with Gasteiger partial charge in [0.15, 0.2) is 0 Å². The minimum Gasteiger partial charge on any atom is -0.402 e. The minimum atomic E-state index is 0.0408. The van der Waals surface area contributed by atoms with Crippen LogP contribution in [-0.2, 0) is 4.74 Å². The first-order valence-electron chi connectivity index (χ1n) is 5.09. The Balaban J connectivity index is 4.27. The highest BCUT2D eigenvalue weighted by Gasteiger charge is 2.12. The standard InChI is InChI=1S/C12H23NO/c1-6-10(14-5)8-7-9-11(13)12(2,3)4/h7-10H,6,13H2,1-5H3/b8-7-,11-9-. The molecule has 0 spiro atoms. The quantitative estimate of drug-likeness (QED) is 0.703. The summed E-state index contributed by atoms with van der Waals surface area (Å²) in [6, 6.07) is 0. The van der Waals surface area contributed by atoms with Gasteiger partial charge in [-0.25, -0.2) is 0 Å². The smallest absolute Gasteiger partial charge is 0.0752 e. The highest BCUT2D eigenvalue weighted by molar-refractivity contribution is 5.15. The Morgan fingerprint density at radius 2 is 2.00 bits per heavy atom. The molecule has 0 saturated heterocycles. The van der Waals surface area contributed by atoms with Crippen LogP contribution in [0.5, 0.6) is 0 Å². The number of rotatable bonds is 4. The molecule has 0 heterocycles. The first kappa shape index (κ1) is 13.2. The first-order chi connectivity index (χ1) is 6.41. The molecular formula is C12H23NO. The van der Waals surface area contributed by atoms with Gasteiger partial charge in [0.05, 0.1) is 6.10 Å². The molecule has 0 amide bonds. The molecule has 2 nitrogen and oxygen atoms in total. The fourth-order valence-corrected chi connectivity index (χ4v) is 0.914. The van der Waals surface area contributed by atoms with Crippen LogP contribution in [0.15, 0.2) is 23.9 Å². The second-order valence-corrected chi connectivity index (χ2v) is 4.44. The lowest BCUT2D eigenvalue weighted by atomic mass is 9.92. The van der Waals surface area contributed by atoms with E-state index in [1.54, 1.807) is 7.11 Å². The van der Waals surface area contributed by atoms with E-state index in [-0.39, 0.29) is 11.5 Å². The molecule has 1 atom stereocenters. The fourth-order valence-electron chi connectivity index (χ4n) is 0.914. The predicted octanol–water partition coefficient (Wildman–Crippen LogP) is 2.86. The van der Waals surface area contributed by atoms with Gasteiger partial charge in [-0.3, -0.25) is 0 Å². The summed E-state index contributed by atoms with van der Waals surface area (Å²) in [4.78, 5) is 0. The molecule has 0 fully saturated rings. The van der Waals surface area contributed by atoms with E-state index in [0.717, 1.165) is 12.1 Å². The van der Waals surface area contributed by atoms with Crippen molar-refractivity contribution in [1.29, 1.82) is 0 Å². The van der Waals surface area contributed by atoms with Crippen LogP contribution in [0.2, 0.25) is 0 Å². The van der Waals surface area contributed by atoms with E-state index in [9.17, 15) is 0 Å². The molecule has 0 aliphatic carbocycles. The molecule has 0 aliphatic heterocycles. The Morgan fingerprint density at radius 1 is 1.43 bits per heavy atom. The average Bonchev–Trinajstić information content (AvgIpc) is 2.10. The van der Waals surface area contributed by atoms with Crippen LogP contribution in [0.4, 0.5) is 0 Å². The van der Waals surface area contributed by atoms with Crippen LogP contribution >= 0.6 is 0 Å². The van der Waals surface area contributed by atoms with Crippen molar-refractivity contribution in [2.45, 2.75) is 40.2 Å². The van der Waals surface area contributed by atoms with Crippen LogP contribution in [-0.4, -0.2) is 13.2 Å². The Bertz CT molecular complexity index is 207. The van der Waals surface area contributed by atoms with Crippen molar-refractivity contribution in [3.05, 3.63) is 23.9 Å². The SMILES string of the molecule is CCC(/C=C\C=C(/N)C(C)(C)C)OC. The molecule has 0 bridgehead atoms. The predicted molar refractivity (Wildman–Crippen MR) is 62.0 cm³/mol. The maximum absolute atomic E-state index is 5.89. The van der Waals surface area contributed by atoms with Crippen LogP contribution in [0.1, 0.15) is 34.1 Å². The molecule has 0 rings (SSSR count). The largest absolute Gasteiger partial charge is 0.402 e. The molecule has 2 heteroatoms. The molecule has 0 aromatic carbocycles. The summed E-state index contributed by atoms with van der Waals surface area (Å²) in [6.07, 6.45) is 7.12.